The van der Waals surface area contributed by atoms with E-state index < -0.39 is 0 Å². The van der Waals surface area contributed by atoms with Gasteiger partial charge in [-0.3, -0.25) is 9.78 Å². The number of carbonyl (C=O) groups is 1. The first-order valence-corrected chi connectivity index (χ1v) is 9.05. The van der Waals surface area contributed by atoms with Gasteiger partial charge in [-0.15, -0.1) is 0 Å². The number of nitrogens with one attached hydrogen (secondary N) is 1. The lowest BCUT2D eigenvalue weighted by molar-refractivity contribution is 0.0796. The number of benzene rings is 1. The standard InChI is InChI=1S/C22H24N4O/c1-17(19-6-4-3-5-7-19)25-21-9-8-20(16-24-21)22(27)26(2)15-12-18-10-13-23-14-11-18/h3-11,13-14,16-17H,12,15H2,1-2H3,(H,24,25). The summed E-state index contributed by atoms with van der Waals surface area (Å²) < 4.78 is 0. The van der Waals surface area contributed by atoms with Gasteiger partial charge in [0.25, 0.3) is 5.91 Å². The van der Waals surface area contributed by atoms with Crippen LogP contribution in [0.5, 0.6) is 0 Å². The number of rotatable bonds is 7. The van der Waals surface area contributed by atoms with Gasteiger partial charge in [-0.1, -0.05) is 30.3 Å². The Kier molecular flexibility index (Phi) is 6.15. The first-order valence-electron chi connectivity index (χ1n) is 9.05. The van der Waals surface area contributed by atoms with Gasteiger partial charge in [-0.25, -0.2) is 4.98 Å². The lowest BCUT2D eigenvalue weighted by Crippen LogP contribution is -2.29. The van der Waals surface area contributed by atoms with Crippen LogP contribution in [0, 0.1) is 0 Å². The Morgan fingerprint density at radius 1 is 1.07 bits per heavy atom. The molecule has 1 amide bonds. The molecule has 1 N–H and O–H groups in total. The number of anilines is 1. The molecule has 1 atom stereocenters. The zero-order valence-electron chi connectivity index (χ0n) is 15.7. The average Bonchev–Trinajstić information content (AvgIpc) is 2.73. The molecule has 0 aliphatic rings. The molecule has 0 bridgehead atoms. The second kappa shape index (κ2) is 8.94. The topological polar surface area (TPSA) is 58.1 Å². The van der Waals surface area contributed by atoms with Crippen molar-refractivity contribution < 1.29 is 4.79 Å². The predicted octanol–water partition coefficient (Wildman–Crippen LogP) is 3.96. The number of nitrogens with zero attached hydrogens (tertiary/aromatic N) is 3. The highest BCUT2D eigenvalue weighted by Crippen LogP contribution is 2.17. The van der Waals surface area contributed by atoms with Gasteiger partial charge < -0.3 is 10.2 Å². The van der Waals surface area contributed by atoms with Crippen LogP contribution in [0.3, 0.4) is 0 Å². The molecule has 5 nitrogen and oxygen atoms in total. The Hall–Kier alpha value is -3.21. The van der Waals surface area contributed by atoms with E-state index in [0.717, 1.165) is 17.8 Å². The molecule has 0 aliphatic carbocycles. The average molecular weight is 360 g/mol. The fourth-order valence-corrected chi connectivity index (χ4v) is 2.82. The molecule has 0 saturated carbocycles. The van der Waals surface area contributed by atoms with Crippen LogP contribution in [0.1, 0.15) is 34.5 Å². The maximum atomic E-state index is 12.6. The van der Waals surface area contributed by atoms with Crippen LogP contribution in [-0.4, -0.2) is 34.4 Å². The van der Waals surface area contributed by atoms with E-state index in [4.69, 9.17) is 0 Å². The van der Waals surface area contributed by atoms with Gasteiger partial charge >= 0.3 is 0 Å². The third kappa shape index (κ3) is 5.14. The Bertz CT molecular complexity index is 851. The molecule has 3 rings (SSSR count). The van der Waals surface area contributed by atoms with Gasteiger partial charge in [0.15, 0.2) is 0 Å². The Morgan fingerprint density at radius 3 is 2.48 bits per heavy atom. The summed E-state index contributed by atoms with van der Waals surface area (Å²) in [7, 11) is 1.81. The van der Waals surface area contributed by atoms with Crippen molar-refractivity contribution >= 4 is 11.7 Å². The second-order valence-corrected chi connectivity index (χ2v) is 6.54. The zero-order chi connectivity index (χ0) is 19.1. The SMILES string of the molecule is CC(Nc1ccc(C(=O)N(C)CCc2ccncc2)cn1)c1ccccc1. The molecule has 2 aromatic heterocycles. The van der Waals surface area contributed by atoms with Crippen molar-refractivity contribution in [1.82, 2.24) is 14.9 Å². The van der Waals surface area contributed by atoms with E-state index in [0.29, 0.717) is 12.1 Å². The monoisotopic (exact) mass is 360 g/mol. The summed E-state index contributed by atoms with van der Waals surface area (Å²) in [5.74, 6) is 0.724. The highest BCUT2D eigenvalue weighted by Gasteiger charge is 2.13. The molecular weight excluding hydrogens is 336 g/mol. The van der Waals surface area contributed by atoms with E-state index in [-0.39, 0.29) is 11.9 Å². The summed E-state index contributed by atoms with van der Waals surface area (Å²) in [4.78, 5) is 22.7. The predicted molar refractivity (Wildman–Crippen MR) is 108 cm³/mol. The fraction of sp³-hybridized carbons (Fsp3) is 0.227. The van der Waals surface area contributed by atoms with E-state index in [1.807, 2.05) is 49.5 Å². The molecule has 0 saturated heterocycles. The quantitative estimate of drug-likeness (QED) is 0.693. The van der Waals surface area contributed by atoms with E-state index in [1.165, 1.54) is 5.56 Å². The van der Waals surface area contributed by atoms with Crippen LogP contribution < -0.4 is 5.32 Å². The van der Waals surface area contributed by atoms with Gasteiger partial charge in [-0.05, 0) is 48.7 Å². The van der Waals surface area contributed by atoms with Crippen molar-refractivity contribution in [2.45, 2.75) is 19.4 Å². The van der Waals surface area contributed by atoms with Gasteiger partial charge in [0.05, 0.1) is 5.56 Å². The number of amides is 1. The number of hydrogen-bond donors (Lipinski definition) is 1. The Morgan fingerprint density at radius 2 is 1.81 bits per heavy atom. The molecule has 0 aliphatic heterocycles. The molecule has 138 valence electrons. The van der Waals surface area contributed by atoms with Crippen molar-refractivity contribution in [3.8, 4) is 0 Å². The Balaban J connectivity index is 1.56. The summed E-state index contributed by atoms with van der Waals surface area (Å²) in [6, 6.07) is 17.9. The normalized spacial score (nSPS) is 11.6. The number of hydrogen-bond acceptors (Lipinski definition) is 4. The van der Waals surface area contributed by atoms with Crippen molar-refractivity contribution in [1.29, 1.82) is 0 Å². The summed E-state index contributed by atoms with van der Waals surface area (Å²) in [6.07, 6.45) is 5.96. The molecule has 0 spiro atoms. The second-order valence-electron chi connectivity index (χ2n) is 6.54. The highest BCUT2D eigenvalue weighted by molar-refractivity contribution is 5.93. The number of carbonyl (C=O) groups excluding carboxylic acids is 1. The minimum Gasteiger partial charge on any atom is -0.364 e. The van der Waals surface area contributed by atoms with E-state index >= 15 is 0 Å². The lowest BCUT2D eigenvalue weighted by Gasteiger charge is -2.18. The molecule has 3 aromatic rings. The first-order chi connectivity index (χ1) is 13.1. The smallest absolute Gasteiger partial charge is 0.255 e. The maximum absolute atomic E-state index is 12.6. The third-order valence-corrected chi connectivity index (χ3v) is 4.51. The van der Waals surface area contributed by atoms with Crippen molar-refractivity contribution in [3.05, 3.63) is 89.9 Å². The van der Waals surface area contributed by atoms with Gasteiger partial charge in [-0.2, -0.15) is 0 Å². The summed E-state index contributed by atoms with van der Waals surface area (Å²) in [5.41, 5.74) is 2.94. The first kappa shape index (κ1) is 18.6. The number of aromatic nitrogens is 2. The number of pyridine rings is 2. The van der Waals surface area contributed by atoms with Crippen LogP contribution in [0.2, 0.25) is 0 Å². The molecule has 1 aromatic carbocycles. The maximum Gasteiger partial charge on any atom is 0.255 e. The summed E-state index contributed by atoms with van der Waals surface area (Å²) >= 11 is 0. The van der Waals surface area contributed by atoms with Crippen LogP contribution >= 0.6 is 0 Å². The van der Waals surface area contributed by atoms with Crippen LogP contribution in [0.25, 0.3) is 0 Å². The number of likely N-dealkylation sites (N-methyl/N-ethyl adjacent to an activating group) is 1. The van der Waals surface area contributed by atoms with Crippen molar-refractivity contribution in [2.24, 2.45) is 0 Å². The van der Waals surface area contributed by atoms with Crippen LogP contribution in [0.15, 0.2) is 73.2 Å². The molecule has 5 heteroatoms. The Labute approximate surface area is 160 Å². The lowest BCUT2D eigenvalue weighted by atomic mass is 10.1. The molecule has 1 unspecified atom stereocenters. The van der Waals surface area contributed by atoms with E-state index in [9.17, 15) is 4.79 Å². The molecule has 2 heterocycles. The molecule has 27 heavy (non-hydrogen) atoms. The summed E-state index contributed by atoms with van der Waals surface area (Å²) in [6.45, 7) is 2.73. The summed E-state index contributed by atoms with van der Waals surface area (Å²) in [5, 5.41) is 3.36. The van der Waals surface area contributed by atoms with E-state index in [1.54, 1.807) is 23.5 Å². The minimum atomic E-state index is -0.0285. The largest absolute Gasteiger partial charge is 0.364 e. The third-order valence-electron chi connectivity index (χ3n) is 4.51. The molecule has 0 radical (unpaired) electrons. The van der Waals surface area contributed by atoms with Crippen molar-refractivity contribution in [3.63, 3.8) is 0 Å². The highest BCUT2D eigenvalue weighted by atomic mass is 16.2. The van der Waals surface area contributed by atoms with Gasteiger partial charge in [0.1, 0.15) is 5.82 Å². The van der Waals surface area contributed by atoms with Crippen LogP contribution in [0.4, 0.5) is 5.82 Å². The van der Waals surface area contributed by atoms with E-state index in [2.05, 4.69) is 34.3 Å². The minimum absolute atomic E-state index is 0.0285. The fourth-order valence-electron chi connectivity index (χ4n) is 2.82. The molecule has 0 fully saturated rings. The zero-order valence-corrected chi connectivity index (χ0v) is 15.7. The molecular formula is C22H24N4O. The van der Waals surface area contributed by atoms with Crippen molar-refractivity contribution in [2.75, 3.05) is 18.9 Å². The van der Waals surface area contributed by atoms with Crippen LogP contribution in [-0.2, 0) is 6.42 Å². The van der Waals surface area contributed by atoms with Gasteiger partial charge in [0.2, 0.25) is 0 Å². The van der Waals surface area contributed by atoms with Gasteiger partial charge in [0, 0.05) is 38.2 Å².